The lowest BCUT2D eigenvalue weighted by molar-refractivity contribution is 0.0697. The fraction of sp³-hybridized carbons (Fsp3) is 0.458. The Morgan fingerprint density at radius 1 is 0.889 bits per heavy atom. The smallest absolute Gasteiger partial charge is 0.335 e. The molecule has 3 heteroatoms. The van der Waals surface area contributed by atoms with E-state index in [1.54, 1.807) is 12.1 Å². The molecule has 2 aromatic carbocycles. The maximum Gasteiger partial charge on any atom is 0.335 e. The van der Waals surface area contributed by atoms with Crippen molar-refractivity contribution < 1.29 is 9.90 Å². The molecule has 2 nitrogen and oxygen atoms in total. The van der Waals surface area contributed by atoms with Crippen molar-refractivity contribution in [2.45, 2.75) is 68.6 Å². The Kier molecular flexibility index (Phi) is 4.05. The lowest BCUT2D eigenvalue weighted by atomic mass is 9.62. The summed E-state index contributed by atoms with van der Waals surface area (Å²) in [6, 6.07) is 12.4. The topological polar surface area (TPSA) is 37.3 Å². The molecule has 0 aromatic heterocycles. The minimum atomic E-state index is -0.869. The summed E-state index contributed by atoms with van der Waals surface area (Å²) in [7, 11) is 0. The van der Waals surface area contributed by atoms with Crippen LogP contribution in [-0.4, -0.2) is 16.8 Å². The number of carboxylic acids is 1. The van der Waals surface area contributed by atoms with Crippen molar-refractivity contribution in [2.24, 2.45) is 0 Å². The van der Waals surface area contributed by atoms with Gasteiger partial charge in [-0.25, -0.2) is 4.79 Å². The summed E-state index contributed by atoms with van der Waals surface area (Å²) in [6.07, 6.45) is 2.44. The van der Waals surface area contributed by atoms with Gasteiger partial charge in [0.05, 0.1) is 5.56 Å². The zero-order valence-corrected chi connectivity index (χ0v) is 17.7. The van der Waals surface area contributed by atoms with Gasteiger partial charge in [0, 0.05) is 16.1 Å². The van der Waals surface area contributed by atoms with Gasteiger partial charge >= 0.3 is 5.97 Å². The highest BCUT2D eigenvalue weighted by Crippen LogP contribution is 2.53. The molecule has 1 atom stereocenters. The largest absolute Gasteiger partial charge is 0.478 e. The molecular weight excluding hydrogens is 352 g/mol. The molecule has 2 aromatic rings. The second kappa shape index (κ2) is 5.88. The zero-order valence-electron chi connectivity index (χ0n) is 16.8. The molecule has 1 aliphatic carbocycles. The third-order valence-corrected chi connectivity index (χ3v) is 8.20. The maximum absolute atomic E-state index is 11.2. The Morgan fingerprint density at radius 3 is 2.00 bits per heavy atom. The van der Waals surface area contributed by atoms with Gasteiger partial charge in [-0.15, -0.1) is 11.8 Å². The average Bonchev–Trinajstić information content (AvgIpc) is 2.96. The Hall–Kier alpha value is -1.74. The van der Waals surface area contributed by atoms with E-state index in [4.69, 9.17) is 0 Å². The monoisotopic (exact) mass is 380 g/mol. The number of hydrogen-bond donors (Lipinski definition) is 1. The van der Waals surface area contributed by atoms with Gasteiger partial charge in [-0.1, -0.05) is 52.8 Å². The molecule has 1 N–H and O–H groups in total. The van der Waals surface area contributed by atoms with Crippen molar-refractivity contribution >= 4 is 17.7 Å². The van der Waals surface area contributed by atoms with Gasteiger partial charge in [-0.05, 0) is 64.1 Å². The van der Waals surface area contributed by atoms with Crippen molar-refractivity contribution in [1.29, 1.82) is 0 Å². The molecular formula is C24H28O2S. The first-order chi connectivity index (χ1) is 12.5. The molecule has 0 amide bonds. The van der Waals surface area contributed by atoms with Crippen LogP contribution < -0.4 is 0 Å². The molecule has 27 heavy (non-hydrogen) atoms. The highest BCUT2D eigenvalue weighted by molar-refractivity contribution is 7.99. The van der Waals surface area contributed by atoms with Crippen molar-refractivity contribution in [3.05, 3.63) is 64.2 Å². The predicted octanol–water partition coefficient (Wildman–Crippen LogP) is 6.15. The van der Waals surface area contributed by atoms with Crippen LogP contribution >= 0.6 is 11.8 Å². The third kappa shape index (κ3) is 2.82. The van der Waals surface area contributed by atoms with Crippen molar-refractivity contribution in [3.63, 3.8) is 0 Å². The summed E-state index contributed by atoms with van der Waals surface area (Å²) < 4.78 is 0. The predicted molar refractivity (Wildman–Crippen MR) is 112 cm³/mol. The highest BCUT2D eigenvalue weighted by Gasteiger charge is 2.42. The molecule has 1 aliphatic heterocycles. The minimum Gasteiger partial charge on any atom is -0.478 e. The molecule has 142 valence electrons. The molecule has 0 bridgehead atoms. The second-order valence-electron chi connectivity index (χ2n) is 9.67. The van der Waals surface area contributed by atoms with Gasteiger partial charge in [-0.2, -0.15) is 0 Å². The van der Waals surface area contributed by atoms with Crippen LogP contribution in [0.5, 0.6) is 0 Å². The standard InChI is InChI=1S/C24H28O2S/c1-22(2)10-11-23(3,4)18-13-20-19(12-17(18)22)24(5,14-27-20)16-8-6-15(7-9-16)21(25)26/h6-9,12-13H,10-11,14H2,1-5H3,(H,25,26). The fourth-order valence-corrected chi connectivity index (χ4v) is 6.07. The summed E-state index contributed by atoms with van der Waals surface area (Å²) in [5.74, 6) is 0.129. The molecule has 2 aliphatic rings. The molecule has 4 rings (SSSR count). The van der Waals surface area contributed by atoms with Crippen LogP contribution in [0.2, 0.25) is 0 Å². The normalized spacial score (nSPS) is 24.9. The first-order valence-corrected chi connectivity index (χ1v) is 10.7. The average molecular weight is 381 g/mol. The van der Waals surface area contributed by atoms with Crippen LogP contribution in [0.4, 0.5) is 0 Å². The van der Waals surface area contributed by atoms with E-state index in [1.165, 1.54) is 40.0 Å². The minimum absolute atomic E-state index is 0.0796. The molecule has 1 unspecified atom stereocenters. The number of benzene rings is 2. The van der Waals surface area contributed by atoms with E-state index < -0.39 is 5.97 Å². The maximum atomic E-state index is 11.2. The van der Waals surface area contributed by atoms with E-state index in [9.17, 15) is 9.90 Å². The van der Waals surface area contributed by atoms with Crippen molar-refractivity contribution in [2.75, 3.05) is 5.75 Å². The number of hydrogen-bond acceptors (Lipinski definition) is 2. The second-order valence-corrected chi connectivity index (χ2v) is 10.7. The van der Waals surface area contributed by atoms with Gasteiger partial charge in [0.15, 0.2) is 0 Å². The van der Waals surface area contributed by atoms with E-state index >= 15 is 0 Å². The molecule has 0 saturated heterocycles. The molecule has 0 saturated carbocycles. The highest BCUT2D eigenvalue weighted by atomic mass is 32.2. The van der Waals surface area contributed by atoms with Gasteiger partial charge in [-0.3, -0.25) is 0 Å². The molecule has 0 radical (unpaired) electrons. The van der Waals surface area contributed by atoms with Crippen LogP contribution in [0.25, 0.3) is 0 Å². The number of fused-ring (bicyclic) bond motifs is 2. The van der Waals surface area contributed by atoms with E-state index in [-0.39, 0.29) is 16.2 Å². The lowest BCUT2D eigenvalue weighted by Gasteiger charge is -2.42. The SMILES string of the molecule is CC1(C)CCC(C)(C)c2cc3c(cc21)SCC3(C)c1ccc(C(=O)O)cc1. The number of carbonyl (C=O) groups is 1. The fourth-order valence-electron chi connectivity index (χ4n) is 4.66. The van der Waals surface area contributed by atoms with Gasteiger partial charge in [0.2, 0.25) is 0 Å². The van der Waals surface area contributed by atoms with Gasteiger partial charge in [0.1, 0.15) is 0 Å². The van der Waals surface area contributed by atoms with E-state index in [2.05, 4.69) is 46.8 Å². The summed E-state index contributed by atoms with van der Waals surface area (Å²) in [5, 5.41) is 9.20. The quantitative estimate of drug-likeness (QED) is 0.679. The Bertz CT molecular complexity index is 924. The Morgan fingerprint density at radius 2 is 1.44 bits per heavy atom. The molecule has 0 fully saturated rings. The van der Waals surface area contributed by atoms with Gasteiger partial charge < -0.3 is 5.11 Å². The number of aromatic carboxylic acids is 1. The van der Waals surface area contributed by atoms with E-state index in [1.807, 2.05) is 23.9 Å². The molecule has 0 spiro atoms. The lowest BCUT2D eigenvalue weighted by Crippen LogP contribution is -2.34. The Balaban J connectivity index is 1.86. The number of rotatable bonds is 2. The van der Waals surface area contributed by atoms with Crippen LogP contribution in [0.1, 0.15) is 80.1 Å². The molecule has 1 heterocycles. The van der Waals surface area contributed by atoms with E-state index in [0.29, 0.717) is 5.56 Å². The third-order valence-electron chi connectivity index (χ3n) is 6.83. The number of carboxylic acid groups (broad SMARTS) is 1. The van der Waals surface area contributed by atoms with Crippen LogP contribution in [0.15, 0.2) is 41.3 Å². The van der Waals surface area contributed by atoms with Gasteiger partial charge in [0.25, 0.3) is 0 Å². The Labute approximate surface area is 166 Å². The first-order valence-electron chi connectivity index (χ1n) is 9.71. The first kappa shape index (κ1) is 18.6. The van der Waals surface area contributed by atoms with Crippen molar-refractivity contribution in [1.82, 2.24) is 0 Å². The van der Waals surface area contributed by atoms with Crippen LogP contribution in [-0.2, 0) is 16.2 Å². The zero-order chi connectivity index (χ0) is 19.6. The summed E-state index contributed by atoms with van der Waals surface area (Å²) in [4.78, 5) is 12.6. The van der Waals surface area contributed by atoms with Crippen molar-refractivity contribution in [3.8, 4) is 0 Å². The summed E-state index contributed by atoms with van der Waals surface area (Å²) >= 11 is 1.94. The van der Waals surface area contributed by atoms with Crippen LogP contribution in [0.3, 0.4) is 0 Å². The van der Waals surface area contributed by atoms with Crippen LogP contribution in [0, 0.1) is 0 Å². The number of thioether (sulfide) groups is 1. The summed E-state index contributed by atoms with van der Waals surface area (Å²) in [6.45, 7) is 11.8. The van der Waals surface area contributed by atoms with E-state index in [0.717, 1.165) is 5.75 Å². The summed E-state index contributed by atoms with van der Waals surface area (Å²) in [5.41, 5.74) is 6.30.